The van der Waals surface area contributed by atoms with Crippen molar-refractivity contribution in [2.75, 3.05) is 5.32 Å². The average molecular weight is 293 g/mol. The number of para-hydroxylation sites is 1. The van der Waals surface area contributed by atoms with E-state index in [0.29, 0.717) is 0 Å². The van der Waals surface area contributed by atoms with Crippen LogP contribution in [0.5, 0.6) is 0 Å². The van der Waals surface area contributed by atoms with Gasteiger partial charge in [0.25, 0.3) is 0 Å². The Balaban J connectivity index is 2.31. The molecule has 0 saturated carbocycles. The third-order valence-corrected chi connectivity index (χ3v) is 4.24. The monoisotopic (exact) mass is 293 g/mol. The molecular weight excluding hydrogens is 270 g/mol. The topological polar surface area (TPSA) is 29.9 Å². The molecular formula is C19H23N3. The minimum atomic E-state index is -0.244. The van der Waals surface area contributed by atoms with Crippen molar-refractivity contribution < 1.29 is 0 Å². The lowest BCUT2D eigenvalue weighted by Crippen LogP contribution is -2.39. The predicted molar refractivity (Wildman–Crippen MR) is 94.6 cm³/mol. The smallest absolute Gasteiger partial charge is 0.145 e. The van der Waals surface area contributed by atoms with Crippen molar-refractivity contribution in [1.82, 2.24) is 9.55 Å². The molecule has 1 aliphatic rings. The third kappa shape index (κ3) is 2.17. The molecule has 0 aliphatic carbocycles. The maximum atomic E-state index is 4.92. The summed E-state index contributed by atoms with van der Waals surface area (Å²) in [4.78, 5) is 4.92. The third-order valence-electron chi connectivity index (χ3n) is 4.24. The highest BCUT2D eigenvalue weighted by molar-refractivity contribution is 5.79. The van der Waals surface area contributed by atoms with Gasteiger partial charge in [-0.1, -0.05) is 31.2 Å². The van der Waals surface area contributed by atoms with Crippen LogP contribution in [0.15, 0.2) is 36.4 Å². The Morgan fingerprint density at radius 3 is 2.77 bits per heavy atom. The second kappa shape index (κ2) is 5.16. The minimum Gasteiger partial charge on any atom is -0.362 e. The highest BCUT2D eigenvalue weighted by Gasteiger charge is 2.33. The van der Waals surface area contributed by atoms with E-state index in [1.165, 1.54) is 5.57 Å². The Morgan fingerprint density at radius 2 is 2.09 bits per heavy atom. The molecule has 1 aliphatic heterocycles. The van der Waals surface area contributed by atoms with Crippen LogP contribution in [0, 0.1) is 0 Å². The molecule has 1 N–H and O–H groups in total. The van der Waals surface area contributed by atoms with E-state index >= 15 is 0 Å². The number of fused-ring (bicyclic) bond motifs is 3. The molecule has 0 unspecified atom stereocenters. The van der Waals surface area contributed by atoms with E-state index in [-0.39, 0.29) is 5.66 Å². The zero-order valence-corrected chi connectivity index (χ0v) is 13.8. The fourth-order valence-electron chi connectivity index (χ4n) is 3.01. The number of rotatable bonds is 3. The van der Waals surface area contributed by atoms with E-state index in [4.69, 9.17) is 4.98 Å². The van der Waals surface area contributed by atoms with Gasteiger partial charge in [-0.3, -0.25) is 0 Å². The van der Waals surface area contributed by atoms with Crippen molar-refractivity contribution in [3.8, 4) is 11.4 Å². The Bertz CT molecular complexity index is 763. The Labute approximate surface area is 132 Å². The van der Waals surface area contributed by atoms with Crippen molar-refractivity contribution >= 4 is 17.8 Å². The number of nitrogens with one attached hydrogen (secondary N) is 1. The lowest BCUT2D eigenvalue weighted by Gasteiger charge is -2.37. The summed E-state index contributed by atoms with van der Waals surface area (Å²) in [6, 6.07) is 8.33. The first-order valence-corrected chi connectivity index (χ1v) is 7.78. The van der Waals surface area contributed by atoms with Crippen LogP contribution < -0.4 is 5.32 Å². The molecule has 0 fully saturated rings. The maximum absolute atomic E-state index is 4.92. The van der Waals surface area contributed by atoms with E-state index in [2.05, 4.69) is 74.5 Å². The molecule has 3 heteroatoms. The number of nitrogens with zero attached hydrogens (tertiary/aromatic N) is 2. The molecule has 3 rings (SSSR count). The second-order valence-electron chi connectivity index (χ2n) is 6.32. The van der Waals surface area contributed by atoms with Gasteiger partial charge in [0.2, 0.25) is 0 Å². The fourth-order valence-corrected chi connectivity index (χ4v) is 3.01. The molecule has 0 bridgehead atoms. The molecule has 0 radical (unpaired) electrons. The normalized spacial score (nSPS) is 15.7. The van der Waals surface area contributed by atoms with Crippen molar-refractivity contribution in [3.05, 3.63) is 47.8 Å². The molecule has 0 amide bonds. The summed E-state index contributed by atoms with van der Waals surface area (Å²) in [7, 11) is 0. The van der Waals surface area contributed by atoms with Crippen LogP contribution in [-0.4, -0.2) is 9.55 Å². The summed E-state index contributed by atoms with van der Waals surface area (Å²) >= 11 is 0. The number of anilines is 1. The van der Waals surface area contributed by atoms with Crippen LogP contribution in [0.2, 0.25) is 0 Å². The average Bonchev–Trinajstić information content (AvgIpc) is 2.86. The molecule has 2 heterocycles. The van der Waals surface area contributed by atoms with Gasteiger partial charge in [0.05, 0.1) is 11.4 Å². The summed E-state index contributed by atoms with van der Waals surface area (Å²) < 4.78 is 2.25. The molecule has 2 aromatic rings. The van der Waals surface area contributed by atoms with Gasteiger partial charge >= 0.3 is 0 Å². The summed E-state index contributed by atoms with van der Waals surface area (Å²) in [5, 5.41) is 3.60. The second-order valence-corrected chi connectivity index (χ2v) is 6.32. The van der Waals surface area contributed by atoms with Crippen molar-refractivity contribution in [2.45, 2.75) is 39.8 Å². The van der Waals surface area contributed by atoms with Crippen LogP contribution in [-0.2, 0) is 5.66 Å². The standard InChI is InChI=1S/C19H23N3/c1-6-13(3)12-16-17(7-2)22-18(20-16)14-10-8-9-11-15(14)21-19(22,4)5/h7-12,21H,2,6H2,1,3-5H3. The summed E-state index contributed by atoms with van der Waals surface area (Å²) in [5.41, 5.74) is 5.40. The van der Waals surface area contributed by atoms with Gasteiger partial charge in [-0.25, -0.2) is 4.98 Å². The maximum Gasteiger partial charge on any atom is 0.145 e. The molecule has 0 atom stereocenters. The summed E-state index contributed by atoms with van der Waals surface area (Å²) in [6.45, 7) is 12.6. The van der Waals surface area contributed by atoms with Gasteiger partial charge in [0, 0.05) is 11.3 Å². The van der Waals surface area contributed by atoms with Crippen LogP contribution >= 0.6 is 0 Å². The number of benzene rings is 1. The quantitative estimate of drug-likeness (QED) is 0.850. The lowest BCUT2D eigenvalue weighted by molar-refractivity contribution is 0.408. The number of aromatic nitrogens is 2. The van der Waals surface area contributed by atoms with E-state index in [1.807, 2.05) is 6.08 Å². The zero-order valence-electron chi connectivity index (χ0n) is 13.8. The van der Waals surface area contributed by atoms with Crippen LogP contribution in [0.25, 0.3) is 23.5 Å². The van der Waals surface area contributed by atoms with Gasteiger partial charge in [0.1, 0.15) is 11.5 Å². The van der Waals surface area contributed by atoms with Gasteiger partial charge in [-0.05, 0) is 51.5 Å². The molecule has 1 aromatic heterocycles. The first-order valence-electron chi connectivity index (χ1n) is 7.78. The molecule has 3 nitrogen and oxygen atoms in total. The number of allylic oxidation sites excluding steroid dienone is 1. The minimum absolute atomic E-state index is 0.244. The predicted octanol–water partition coefficient (Wildman–Crippen LogP) is 5.12. The largest absolute Gasteiger partial charge is 0.362 e. The van der Waals surface area contributed by atoms with Crippen molar-refractivity contribution in [3.63, 3.8) is 0 Å². The molecule has 0 saturated heterocycles. The fraction of sp³-hybridized carbons (Fsp3) is 0.316. The summed E-state index contributed by atoms with van der Waals surface area (Å²) in [6.07, 6.45) is 5.10. The first kappa shape index (κ1) is 14.6. The highest BCUT2D eigenvalue weighted by atomic mass is 15.3. The Kier molecular flexibility index (Phi) is 3.44. The number of hydrogen-bond donors (Lipinski definition) is 1. The summed E-state index contributed by atoms with van der Waals surface area (Å²) in [5.74, 6) is 1.00. The molecule has 114 valence electrons. The molecule has 22 heavy (non-hydrogen) atoms. The Morgan fingerprint density at radius 1 is 1.36 bits per heavy atom. The van der Waals surface area contributed by atoms with E-state index < -0.39 is 0 Å². The van der Waals surface area contributed by atoms with Gasteiger partial charge in [0.15, 0.2) is 0 Å². The first-order chi connectivity index (χ1) is 10.5. The number of imidazole rings is 1. The Hall–Kier alpha value is -2.29. The van der Waals surface area contributed by atoms with Crippen LogP contribution in [0.3, 0.4) is 0 Å². The molecule has 0 spiro atoms. The van der Waals surface area contributed by atoms with Crippen LogP contribution in [0.4, 0.5) is 5.69 Å². The zero-order chi connectivity index (χ0) is 15.9. The lowest BCUT2D eigenvalue weighted by atomic mass is 10.0. The highest BCUT2D eigenvalue weighted by Crippen LogP contribution is 2.40. The van der Waals surface area contributed by atoms with E-state index in [9.17, 15) is 0 Å². The number of hydrogen-bond acceptors (Lipinski definition) is 2. The van der Waals surface area contributed by atoms with Gasteiger partial charge in [-0.2, -0.15) is 0 Å². The molecule has 1 aromatic carbocycles. The van der Waals surface area contributed by atoms with E-state index in [1.54, 1.807) is 0 Å². The van der Waals surface area contributed by atoms with Crippen LogP contribution in [0.1, 0.15) is 45.5 Å². The van der Waals surface area contributed by atoms with Crippen molar-refractivity contribution in [1.29, 1.82) is 0 Å². The van der Waals surface area contributed by atoms with Gasteiger partial charge < -0.3 is 9.88 Å². The van der Waals surface area contributed by atoms with E-state index in [0.717, 1.165) is 34.9 Å². The van der Waals surface area contributed by atoms with Gasteiger partial charge in [-0.15, -0.1) is 0 Å². The SMILES string of the molecule is C=Cc1c(C=C(C)CC)nc2n1C(C)(C)Nc1ccccc1-2. The van der Waals surface area contributed by atoms with Crippen molar-refractivity contribution in [2.24, 2.45) is 0 Å².